The topological polar surface area (TPSA) is 49.4 Å². The number of carbonyl (C=O) groups excluding carboxylic acids is 1. The number of quaternary nitrogens is 1. The van der Waals surface area contributed by atoms with Crippen LogP contribution in [0.15, 0.2) is 0 Å². The van der Waals surface area contributed by atoms with Crippen molar-refractivity contribution in [3.8, 4) is 0 Å². The average Bonchev–Trinajstić information content (AvgIpc) is 2.56. The summed E-state index contributed by atoms with van der Waals surface area (Å²) in [7, 11) is 0.787. The van der Waals surface area contributed by atoms with Crippen LogP contribution in [0.25, 0.3) is 0 Å². The van der Waals surface area contributed by atoms with E-state index in [-0.39, 0.29) is 13.0 Å². The SMILES string of the molecule is CCCC[N+](C)([O-])CC(CC(F)(F)C(F)(F)C(F)(F)C(F)(F)C(F)(F)C(F)(F)F)OC(C)=O. The highest BCUT2D eigenvalue weighted by molar-refractivity contribution is 5.66. The summed E-state index contributed by atoms with van der Waals surface area (Å²) < 4.78 is 174. The highest BCUT2D eigenvalue weighted by Crippen LogP contribution is 2.60. The van der Waals surface area contributed by atoms with E-state index in [0.29, 0.717) is 13.3 Å². The largest absolute Gasteiger partial charge is 0.633 e. The molecular formula is C16H20F13NO3. The van der Waals surface area contributed by atoms with Crippen molar-refractivity contribution in [2.24, 2.45) is 0 Å². The first-order valence-corrected chi connectivity index (χ1v) is 8.99. The molecule has 0 aliphatic heterocycles. The summed E-state index contributed by atoms with van der Waals surface area (Å²) in [6.07, 6.45) is -12.4. The van der Waals surface area contributed by atoms with Crippen LogP contribution >= 0.6 is 0 Å². The number of unbranched alkanes of at least 4 members (excludes halogenated alkanes) is 1. The molecule has 2 atom stereocenters. The zero-order valence-electron chi connectivity index (χ0n) is 17.2. The number of rotatable bonds is 12. The number of hydrogen-bond donors (Lipinski definition) is 0. The molecule has 0 heterocycles. The molecule has 198 valence electrons. The van der Waals surface area contributed by atoms with Crippen LogP contribution in [-0.2, 0) is 9.53 Å². The van der Waals surface area contributed by atoms with Crippen LogP contribution in [0.2, 0.25) is 0 Å². The number of alkyl halides is 13. The maximum atomic E-state index is 14.1. The third-order valence-electron chi connectivity index (χ3n) is 4.39. The van der Waals surface area contributed by atoms with E-state index in [9.17, 15) is 67.1 Å². The number of nitrogens with zero attached hydrogens (tertiary/aromatic N) is 1. The predicted molar refractivity (Wildman–Crippen MR) is 85.2 cm³/mol. The minimum atomic E-state index is -8.02. The summed E-state index contributed by atoms with van der Waals surface area (Å²) in [5.74, 6) is -39.2. The zero-order chi connectivity index (χ0) is 26.9. The fraction of sp³-hybridized carbons (Fsp3) is 0.938. The molecule has 17 heteroatoms. The Labute approximate surface area is 178 Å². The lowest BCUT2D eigenvalue weighted by atomic mass is 9.91. The number of hydroxylamine groups is 3. The number of likely N-dealkylation sites (N-methyl/N-ethyl adjacent to an activating group) is 1. The molecule has 0 aliphatic carbocycles. The summed E-state index contributed by atoms with van der Waals surface area (Å²) in [5.41, 5.74) is 0. The molecule has 0 aromatic carbocycles. The molecule has 0 aromatic rings. The van der Waals surface area contributed by atoms with E-state index in [4.69, 9.17) is 0 Å². The molecule has 0 aliphatic rings. The number of ether oxygens (including phenoxy) is 1. The first-order valence-electron chi connectivity index (χ1n) is 8.99. The number of carbonyl (C=O) groups is 1. The van der Waals surface area contributed by atoms with Crippen LogP contribution in [0.3, 0.4) is 0 Å². The Kier molecular flexibility index (Phi) is 9.17. The van der Waals surface area contributed by atoms with Crippen LogP contribution < -0.4 is 0 Å². The number of halogens is 13. The maximum absolute atomic E-state index is 14.1. The second-order valence-electron chi connectivity index (χ2n) is 7.49. The summed E-state index contributed by atoms with van der Waals surface area (Å²) in [5, 5.41) is 12.2. The minimum Gasteiger partial charge on any atom is -0.633 e. The molecule has 2 unspecified atom stereocenters. The van der Waals surface area contributed by atoms with E-state index < -0.39 is 65.5 Å². The molecule has 0 N–H and O–H groups in total. The van der Waals surface area contributed by atoms with E-state index in [1.807, 2.05) is 0 Å². The Bertz CT molecular complexity index is 677. The fourth-order valence-electron chi connectivity index (χ4n) is 2.61. The van der Waals surface area contributed by atoms with E-state index >= 15 is 0 Å². The molecule has 0 saturated heterocycles. The highest BCUT2D eigenvalue weighted by atomic mass is 19.4. The summed E-state index contributed by atoms with van der Waals surface area (Å²) in [6, 6.07) is 0. The highest BCUT2D eigenvalue weighted by Gasteiger charge is 2.90. The lowest BCUT2D eigenvalue weighted by Gasteiger charge is -2.43. The van der Waals surface area contributed by atoms with Gasteiger partial charge in [-0.3, -0.25) is 4.79 Å². The lowest BCUT2D eigenvalue weighted by Crippen LogP contribution is -2.70. The van der Waals surface area contributed by atoms with Gasteiger partial charge in [0, 0.05) is 6.92 Å². The zero-order valence-corrected chi connectivity index (χ0v) is 17.2. The summed E-state index contributed by atoms with van der Waals surface area (Å²) in [6.45, 7) is 0.461. The smallest absolute Gasteiger partial charge is 0.460 e. The van der Waals surface area contributed by atoms with Crippen molar-refractivity contribution in [2.75, 3.05) is 20.1 Å². The standard InChI is InChI=1S/C16H20F13NO3/c1-4-5-6-30(3,32)8-10(33-9(2)31)7-11(17,18)12(19,20)13(21,22)14(23,24)15(25,26)16(27,28)29/h10H,4-8H2,1-3H3. The van der Waals surface area contributed by atoms with Gasteiger partial charge >= 0.3 is 41.8 Å². The van der Waals surface area contributed by atoms with Crippen molar-refractivity contribution in [3.63, 3.8) is 0 Å². The van der Waals surface area contributed by atoms with Crippen LogP contribution in [0.4, 0.5) is 57.1 Å². The first kappa shape index (κ1) is 31.5. The molecule has 0 spiro atoms. The third-order valence-corrected chi connectivity index (χ3v) is 4.39. The molecular weight excluding hydrogens is 501 g/mol. The van der Waals surface area contributed by atoms with Crippen molar-refractivity contribution in [2.45, 2.75) is 75.0 Å². The Balaban J connectivity index is 6.21. The van der Waals surface area contributed by atoms with Crippen LogP contribution in [0.1, 0.15) is 33.1 Å². The number of esters is 1. The van der Waals surface area contributed by atoms with E-state index in [1.54, 1.807) is 6.92 Å². The van der Waals surface area contributed by atoms with Gasteiger partial charge < -0.3 is 14.6 Å². The molecule has 0 fully saturated rings. The van der Waals surface area contributed by atoms with Gasteiger partial charge in [0.2, 0.25) is 0 Å². The number of hydrogen-bond acceptors (Lipinski definition) is 3. The Morgan fingerprint density at radius 2 is 1.27 bits per heavy atom. The molecule has 0 saturated carbocycles. The summed E-state index contributed by atoms with van der Waals surface area (Å²) in [4.78, 5) is 11.0. The van der Waals surface area contributed by atoms with Crippen molar-refractivity contribution < 1.29 is 71.3 Å². The normalized spacial score (nSPS) is 17.5. The fourth-order valence-corrected chi connectivity index (χ4v) is 2.61. The van der Waals surface area contributed by atoms with Crippen LogP contribution in [0, 0.1) is 5.21 Å². The van der Waals surface area contributed by atoms with E-state index in [2.05, 4.69) is 4.74 Å². The van der Waals surface area contributed by atoms with Gasteiger partial charge in [-0.1, -0.05) is 13.3 Å². The van der Waals surface area contributed by atoms with Gasteiger partial charge in [0.1, 0.15) is 6.54 Å². The minimum absolute atomic E-state index is 0.135. The lowest BCUT2D eigenvalue weighted by molar-refractivity contribution is -0.864. The molecule has 0 amide bonds. The Morgan fingerprint density at radius 1 is 0.848 bits per heavy atom. The maximum Gasteiger partial charge on any atom is 0.460 e. The summed E-state index contributed by atoms with van der Waals surface area (Å²) >= 11 is 0. The molecule has 4 nitrogen and oxygen atoms in total. The monoisotopic (exact) mass is 521 g/mol. The molecule has 0 radical (unpaired) electrons. The van der Waals surface area contributed by atoms with E-state index in [0.717, 1.165) is 7.05 Å². The van der Waals surface area contributed by atoms with Gasteiger partial charge in [0.15, 0.2) is 6.10 Å². The quantitative estimate of drug-likeness (QED) is 0.141. The predicted octanol–water partition coefficient (Wildman–Crippen LogP) is 5.79. The van der Waals surface area contributed by atoms with Gasteiger partial charge in [-0.2, -0.15) is 57.1 Å². The molecule has 0 rings (SSSR count). The van der Waals surface area contributed by atoms with Crippen LogP contribution in [0.5, 0.6) is 0 Å². The van der Waals surface area contributed by atoms with Gasteiger partial charge in [-0.15, -0.1) is 0 Å². The van der Waals surface area contributed by atoms with Crippen molar-refractivity contribution in [1.29, 1.82) is 0 Å². The van der Waals surface area contributed by atoms with Gasteiger partial charge in [-0.05, 0) is 6.42 Å². The van der Waals surface area contributed by atoms with Crippen molar-refractivity contribution >= 4 is 5.97 Å². The van der Waals surface area contributed by atoms with Crippen molar-refractivity contribution in [1.82, 2.24) is 0 Å². The second-order valence-corrected chi connectivity index (χ2v) is 7.49. The van der Waals surface area contributed by atoms with Gasteiger partial charge in [-0.25, -0.2) is 0 Å². The van der Waals surface area contributed by atoms with Gasteiger partial charge in [0.05, 0.1) is 20.0 Å². The third kappa shape index (κ3) is 6.33. The second kappa shape index (κ2) is 9.62. The van der Waals surface area contributed by atoms with Crippen molar-refractivity contribution in [3.05, 3.63) is 5.21 Å². The van der Waals surface area contributed by atoms with Gasteiger partial charge in [0.25, 0.3) is 0 Å². The molecule has 0 aromatic heterocycles. The Morgan fingerprint density at radius 3 is 1.64 bits per heavy atom. The first-order chi connectivity index (χ1) is 14.3. The average molecular weight is 521 g/mol. The van der Waals surface area contributed by atoms with E-state index in [1.165, 1.54) is 0 Å². The van der Waals surface area contributed by atoms with Crippen LogP contribution in [-0.4, -0.2) is 72.6 Å². The molecule has 33 heavy (non-hydrogen) atoms. The molecule has 0 bridgehead atoms. The Hall–Kier alpha value is -1.52.